The molecule has 0 saturated carbocycles. The molecule has 1 heterocycles. The Morgan fingerprint density at radius 2 is 2.27 bits per heavy atom. The summed E-state index contributed by atoms with van der Waals surface area (Å²) in [5, 5.41) is 8.53. The van der Waals surface area contributed by atoms with Gasteiger partial charge in [0, 0.05) is 5.39 Å². The molecule has 0 aliphatic rings. The van der Waals surface area contributed by atoms with Gasteiger partial charge in [0.15, 0.2) is 0 Å². The van der Waals surface area contributed by atoms with E-state index in [1.807, 2.05) is 19.1 Å². The van der Waals surface area contributed by atoms with Crippen LogP contribution in [0.5, 0.6) is 0 Å². The molecule has 11 heavy (non-hydrogen) atoms. The number of fused-ring (bicyclic) bond motifs is 1. The number of hydrogen-bond donors (Lipinski definition) is 1. The molecule has 0 aliphatic carbocycles. The number of nitrogens with zero attached hydrogens (tertiary/aromatic N) is 1. The van der Waals surface area contributed by atoms with Crippen molar-refractivity contribution in [3.63, 3.8) is 0 Å². The van der Waals surface area contributed by atoms with Gasteiger partial charge in [-0.15, -0.1) is 0 Å². The Morgan fingerprint density at radius 3 is 3.09 bits per heavy atom. The summed E-state index contributed by atoms with van der Waals surface area (Å²) in [5.74, 6) is 0. The molecule has 2 nitrogen and oxygen atoms in total. The van der Waals surface area contributed by atoms with E-state index in [0.29, 0.717) is 0 Å². The van der Waals surface area contributed by atoms with Crippen molar-refractivity contribution in [1.29, 1.82) is 0 Å². The predicted molar refractivity (Wildman–Crippen MR) is 45.8 cm³/mol. The average molecular weight is 167 g/mol. The maximum atomic E-state index is 5.93. The molecule has 0 saturated heterocycles. The summed E-state index contributed by atoms with van der Waals surface area (Å²) in [7, 11) is 0. The molecule has 0 fully saturated rings. The number of aromatic amines is 1. The van der Waals surface area contributed by atoms with E-state index < -0.39 is 0 Å². The molecule has 2 aromatic rings. The monoisotopic (exact) mass is 166 g/mol. The van der Waals surface area contributed by atoms with Gasteiger partial charge >= 0.3 is 0 Å². The Kier molecular flexibility index (Phi) is 1.36. The minimum absolute atomic E-state index is 0.734. The zero-order chi connectivity index (χ0) is 7.84. The van der Waals surface area contributed by atoms with Crippen molar-refractivity contribution in [1.82, 2.24) is 10.2 Å². The van der Waals surface area contributed by atoms with Crippen LogP contribution in [-0.4, -0.2) is 10.2 Å². The fourth-order valence-corrected chi connectivity index (χ4v) is 1.48. The highest BCUT2D eigenvalue weighted by molar-refractivity contribution is 6.35. The highest BCUT2D eigenvalue weighted by atomic mass is 35.5. The van der Waals surface area contributed by atoms with Gasteiger partial charge in [-0.2, -0.15) is 5.10 Å². The van der Waals surface area contributed by atoms with Crippen LogP contribution in [-0.2, 0) is 0 Å². The third kappa shape index (κ3) is 0.994. The zero-order valence-electron chi connectivity index (χ0n) is 6.06. The maximum absolute atomic E-state index is 5.93. The van der Waals surface area contributed by atoms with Crippen molar-refractivity contribution < 1.29 is 0 Å². The standard InChI is InChI=1S/C8H7ClN2/c1-5-2-6-4-10-11-8(6)7(9)3-5/h2-4H,1H3,(H,10,11). The first-order valence-electron chi connectivity index (χ1n) is 3.36. The highest BCUT2D eigenvalue weighted by Crippen LogP contribution is 2.22. The molecule has 56 valence electrons. The van der Waals surface area contributed by atoms with Gasteiger partial charge in [-0.25, -0.2) is 0 Å². The van der Waals surface area contributed by atoms with E-state index >= 15 is 0 Å². The molecule has 1 aromatic carbocycles. The summed E-state index contributed by atoms with van der Waals surface area (Å²) >= 11 is 5.93. The molecule has 1 aromatic heterocycles. The third-order valence-electron chi connectivity index (χ3n) is 1.65. The first-order chi connectivity index (χ1) is 5.27. The van der Waals surface area contributed by atoms with Gasteiger partial charge in [-0.3, -0.25) is 5.10 Å². The molecule has 3 heteroatoms. The third-order valence-corrected chi connectivity index (χ3v) is 1.94. The van der Waals surface area contributed by atoms with Gasteiger partial charge in [0.2, 0.25) is 0 Å². The summed E-state index contributed by atoms with van der Waals surface area (Å²) in [6.45, 7) is 2.01. The van der Waals surface area contributed by atoms with Crippen molar-refractivity contribution in [2.45, 2.75) is 6.92 Å². The molecular formula is C8H7ClN2. The highest BCUT2D eigenvalue weighted by Gasteiger charge is 2.00. The summed E-state index contributed by atoms with van der Waals surface area (Å²) < 4.78 is 0. The lowest BCUT2D eigenvalue weighted by Crippen LogP contribution is -1.74. The molecule has 0 radical (unpaired) electrons. The van der Waals surface area contributed by atoms with Crippen molar-refractivity contribution in [2.24, 2.45) is 0 Å². The molecule has 2 rings (SSSR count). The van der Waals surface area contributed by atoms with Gasteiger partial charge < -0.3 is 0 Å². The molecule has 0 unspecified atom stereocenters. The average Bonchev–Trinajstić information content (AvgIpc) is 2.34. The number of H-pyrrole nitrogens is 1. The SMILES string of the molecule is Cc1cc(Cl)c2[nH]ncc2c1. The largest absolute Gasteiger partial charge is 0.276 e. The first-order valence-corrected chi connectivity index (χ1v) is 3.74. The van der Waals surface area contributed by atoms with Crippen LogP contribution >= 0.6 is 11.6 Å². The number of nitrogens with one attached hydrogen (secondary N) is 1. The lowest BCUT2D eigenvalue weighted by Gasteiger charge is -1.94. The fraction of sp³-hybridized carbons (Fsp3) is 0.125. The minimum Gasteiger partial charge on any atom is -0.276 e. The lowest BCUT2D eigenvalue weighted by atomic mass is 10.2. The first kappa shape index (κ1) is 6.68. The molecule has 1 N–H and O–H groups in total. The molecular weight excluding hydrogens is 160 g/mol. The Morgan fingerprint density at radius 1 is 1.45 bits per heavy atom. The smallest absolute Gasteiger partial charge is 0.0836 e. The van der Waals surface area contributed by atoms with Crippen molar-refractivity contribution in [3.05, 3.63) is 28.9 Å². The van der Waals surface area contributed by atoms with Gasteiger partial charge in [-0.1, -0.05) is 11.6 Å². The van der Waals surface area contributed by atoms with Crippen LogP contribution in [0.25, 0.3) is 10.9 Å². The van der Waals surface area contributed by atoms with Gasteiger partial charge in [0.05, 0.1) is 16.7 Å². The van der Waals surface area contributed by atoms with Crippen LogP contribution < -0.4 is 0 Å². The van der Waals surface area contributed by atoms with E-state index in [2.05, 4.69) is 10.2 Å². The number of benzene rings is 1. The van der Waals surface area contributed by atoms with Crippen molar-refractivity contribution >= 4 is 22.5 Å². The van der Waals surface area contributed by atoms with Crippen molar-refractivity contribution in [2.75, 3.05) is 0 Å². The van der Waals surface area contributed by atoms with Gasteiger partial charge in [0.1, 0.15) is 0 Å². The molecule has 0 amide bonds. The van der Waals surface area contributed by atoms with E-state index in [4.69, 9.17) is 11.6 Å². The van der Waals surface area contributed by atoms with E-state index in [9.17, 15) is 0 Å². The Labute approximate surface area is 69.2 Å². The van der Waals surface area contributed by atoms with E-state index in [1.165, 1.54) is 0 Å². The Bertz CT molecular complexity index is 392. The van der Waals surface area contributed by atoms with Gasteiger partial charge in [-0.05, 0) is 24.6 Å². The Hall–Kier alpha value is -1.02. The summed E-state index contributed by atoms with van der Waals surface area (Å²) in [6, 6.07) is 3.97. The topological polar surface area (TPSA) is 28.7 Å². The van der Waals surface area contributed by atoms with E-state index in [0.717, 1.165) is 21.5 Å². The summed E-state index contributed by atoms with van der Waals surface area (Å²) in [6.07, 6.45) is 1.77. The summed E-state index contributed by atoms with van der Waals surface area (Å²) in [5.41, 5.74) is 2.07. The minimum atomic E-state index is 0.734. The number of aryl methyl sites for hydroxylation is 1. The van der Waals surface area contributed by atoms with E-state index in [1.54, 1.807) is 6.20 Å². The summed E-state index contributed by atoms with van der Waals surface area (Å²) in [4.78, 5) is 0. The lowest BCUT2D eigenvalue weighted by molar-refractivity contribution is 1.12. The van der Waals surface area contributed by atoms with Gasteiger partial charge in [0.25, 0.3) is 0 Å². The fourth-order valence-electron chi connectivity index (χ4n) is 1.16. The molecule has 0 aliphatic heterocycles. The molecule has 0 spiro atoms. The number of rotatable bonds is 0. The maximum Gasteiger partial charge on any atom is 0.0836 e. The predicted octanol–water partition coefficient (Wildman–Crippen LogP) is 2.52. The number of aromatic nitrogens is 2. The van der Waals surface area contributed by atoms with Crippen LogP contribution in [0, 0.1) is 6.92 Å². The zero-order valence-corrected chi connectivity index (χ0v) is 6.81. The van der Waals surface area contributed by atoms with Crippen molar-refractivity contribution in [3.8, 4) is 0 Å². The number of halogens is 1. The van der Waals surface area contributed by atoms with Crippen LogP contribution in [0.15, 0.2) is 18.3 Å². The Balaban J connectivity index is 2.91. The normalized spacial score (nSPS) is 10.7. The van der Waals surface area contributed by atoms with Crippen LogP contribution in [0.2, 0.25) is 5.02 Å². The number of hydrogen-bond acceptors (Lipinski definition) is 1. The van der Waals surface area contributed by atoms with Crippen LogP contribution in [0.4, 0.5) is 0 Å². The second-order valence-corrected chi connectivity index (χ2v) is 2.99. The quantitative estimate of drug-likeness (QED) is 0.640. The van der Waals surface area contributed by atoms with Crippen LogP contribution in [0.3, 0.4) is 0 Å². The second-order valence-electron chi connectivity index (χ2n) is 2.58. The molecule has 0 atom stereocenters. The second kappa shape index (κ2) is 2.24. The van der Waals surface area contributed by atoms with E-state index in [-0.39, 0.29) is 0 Å². The molecule has 0 bridgehead atoms. The van der Waals surface area contributed by atoms with Crippen LogP contribution in [0.1, 0.15) is 5.56 Å².